The van der Waals surface area contributed by atoms with Crippen LogP contribution in [0.2, 0.25) is 0 Å². The monoisotopic (exact) mass is 358 g/mol. The summed E-state index contributed by atoms with van der Waals surface area (Å²) in [5.74, 6) is 0. The molecule has 20 heavy (non-hydrogen) atoms. The topological polar surface area (TPSA) is 90.0 Å². The number of rotatable bonds is 3. The van der Waals surface area contributed by atoms with Crippen molar-refractivity contribution in [3.05, 3.63) is 34.1 Å². The molecular weight excluding hydrogens is 344 g/mol. The van der Waals surface area contributed by atoms with Crippen molar-refractivity contribution in [3.8, 4) is 0 Å². The fraction of sp³-hybridized carbons (Fsp3) is 0.250. The molecule has 0 amide bonds. The second-order valence-corrected chi connectivity index (χ2v) is 6.94. The summed E-state index contributed by atoms with van der Waals surface area (Å²) in [7, 11) is -2.01. The number of aromatic nitrogens is 2. The van der Waals surface area contributed by atoms with Crippen LogP contribution in [0.4, 0.5) is 11.4 Å². The first kappa shape index (κ1) is 14.9. The molecule has 0 fully saturated rings. The summed E-state index contributed by atoms with van der Waals surface area (Å²) in [6.07, 6.45) is 0. The molecule has 0 unspecified atom stereocenters. The van der Waals surface area contributed by atoms with Gasteiger partial charge in [0.2, 0.25) is 0 Å². The summed E-state index contributed by atoms with van der Waals surface area (Å²) >= 11 is 3.29. The van der Waals surface area contributed by atoms with Gasteiger partial charge in [-0.3, -0.25) is 9.40 Å². The lowest BCUT2D eigenvalue weighted by molar-refractivity contribution is 0.599. The van der Waals surface area contributed by atoms with E-state index in [0.29, 0.717) is 27.2 Å². The van der Waals surface area contributed by atoms with E-state index in [4.69, 9.17) is 5.73 Å². The normalized spacial score (nSPS) is 11.6. The molecule has 8 heteroatoms. The van der Waals surface area contributed by atoms with Crippen molar-refractivity contribution in [1.29, 1.82) is 0 Å². The molecule has 2 aromatic rings. The van der Waals surface area contributed by atoms with Gasteiger partial charge in [0, 0.05) is 17.2 Å². The number of hydrogen-bond donors (Lipinski definition) is 2. The third-order valence-electron chi connectivity index (χ3n) is 2.95. The van der Waals surface area contributed by atoms with Gasteiger partial charge in [-0.25, -0.2) is 8.42 Å². The minimum absolute atomic E-state index is 0.189. The van der Waals surface area contributed by atoms with Crippen LogP contribution >= 0.6 is 15.9 Å². The van der Waals surface area contributed by atoms with Crippen LogP contribution in [0.25, 0.3) is 0 Å². The molecule has 0 atom stereocenters. The lowest BCUT2D eigenvalue weighted by atomic mass is 10.3. The van der Waals surface area contributed by atoms with Gasteiger partial charge in [-0.05, 0) is 48.0 Å². The average Bonchev–Trinajstić information content (AvgIpc) is 2.58. The van der Waals surface area contributed by atoms with Crippen LogP contribution in [-0.4, -0.2) is 18.2 Å². The Labute approximate surface area is 126 Å². The number of sulfonamides is 1. The van der Waals surface area contributed by atoms with Gasteiger partial charge in [0.05, 0.1) is 17.1 Å². The largest absolute Gasteiger partial charge is 0.399 e. The van der Waals surface area contributed by atoms with E-state index < -0.39 is 10.0 Å². The maximum Gasteiger partial charge on any atom is 0.265 e. The maximum absolute atomic E-state index is 12.5. The summed E-state index contributed by atoms with van der Waals surface area (Å²) in [5.41, 5.74) is 7.58. The molecule has 1 aromatic carbocycles. The van der Waals surface area contributed by atoms with Gasteiger partial charge >= 0.3 is 0 Å². The highest BCUT2D eigenvalue weighted by molar-refractivity contribution is 9.10. The van der Waals surface area contributed by atoms with Crippen LogP contribution in [0.15, 0.2) is 27.6 Å². The zero-order valence-electron chi connectivity index (χ0n) is 11.3. The van der Waals surface area contributed by atoms with Crippen LogP contribution < -0.4 is 10.5 Å². The summed E-state index contributed by atoms with van der Waals surface area (Å²) in [5, 5.41) is 4.12. The number of hydrogen-bond acceptors (Lipinski definition) is 4. The van der Waals surface area contributed by atoms with Crippen LogP contribution in [0.5, 0.6) is 0 Å². The minimum atomic E-state index is -3.71. The molecule has 0 bridgehead atoms. The van der Waals surface area contributed by atoms with Crippen molar-refractivity contribution in [2.24, 2.45) is 7.05 Å². The molecule has 0 aliphatic rings. The van der Waals surface area contributed by atoms with Gasteiger partial charge in [-0.2, -0.15) is 5.10 Å². The fourth-order valence-electron chi connectivity index (χ4n) is 1.96. The van der Waals surface area contributed by atoms with Crippen molar-refractivity contribution in [3.63, 3.8) is 0 Å². The highest BCUT2D eigenvalue weighted by Crippen LogP contribution is 2.28. The van der Waals surface area contributed by atoms with Gasteiger partial charge in [0.1, 0.15) is 4.90 Å². The third-order valence-corrected chi connectivity index (χ3v) is 5.25. The zero-order valence-corrected chi connectivity index (χ0v) is 13.7. The lowest BCUT2D eigenvalue weighted by Gasteiger charge is -2.10. The number of nitrogens with zero attached hydrogens (tertiary/aromatic N) is 2. The Hall–Kier alpha value is -1.54. The Morgan fingerprint density at radius 1 is 1.35 bits per heavy atom. The van der Waals surface area contributed by atoms with E-state index in [0.717, 1.165) is 0 Å². The molecule has 2 rings (SSSR count). The van der Waals surface area contributed by atoms with E-state index >= 15 is 0 Å². The van der Waals surface area contributed by atoms with Crippen LogP contribution in [0.3, 0.4) is 0 Å². The van der Waals surface area contributed by atoms with E-state index in [1.54, 1.807) is 39.1 Å². The average molecular weight is 359 g/mol. The highest BCUT2D eigenvalue weighted by atomic mass is 79.9. The molecule has 0 saturated heterocycles. The molecule has 3 N–H and O–H groups in total. The number of aryl methyl sites for hydroxylation is 2. The molecule has 0 saturated carbocycles. The van der Waals surface area contributed by atoms with Crippen molar-refractivity contribution in [2.75, 3.05) is 10.5 Å². The predicted molar refractivity (Wildman–Crippen MR) is 82.0 cm³/mol. The smallest absolute Gasteiger partial charge is 0.265 e. The standard InChI is InChI=1S/C12H15BrN4O2S/c1-7-12(8(2)17(3)15-7)20(18,19)16-11-6-9(14)4-5-10(11)13/h4-6,16H,14H2,1-3H3. The number of benzene rings is 1. The molecule has 1 heterocycles. The molecule has 6 nitrogen and oxygen atoms in total. The maximum atomic E-state index is 12.5. The number of nitrogens with two attached hydrogens (primary N) is 1. The van der Waals surface area contributed by atoms with Crippen LogP contribution in [0, 0.1) is 13.8 Å². The van der Waals surface area contributed by atoms with Gasteiger partial charge in [0.15, 0.2) is 0 Å². The van der Waals surface area contributed by atoms with Crippen molar-refractivity contribution < 1.29 is 8.42 Å². The highest BCUT2D eigenvalue weighted by Gasteiger charge is 2.24. The Balaban J connectivity index is 2.49. The minimum Gasteiger partial charge on any atom is -0.399 e. The van der Waals surface area contributed by atoms with Crippen molar-refractivity contribution >= 4 is 37.3 Å². The molecule has 1 aromatic heterocycles. The van der Waals surface area contributed by atoms with E-state index in [9.17, 15) is 8.42 Å². The van der Waals surface area contributed by atoms with Crippen molar-refractivity contribution in [1.82, 2.24) is 9.78 Å². The molecule has 0 radical (unpaired) electrons. The van der Waals surface area contributed by atoms with E-state index in [2.05, 4.69) is 25.8 Å². The summed E-state index contributed by atoms with van der Waals surface area (Å²) in [6, 6.07) is 4.93. The summed E-state index contributed by atoms with van der Waals surface area (Å²) < 4.78 is 29.7. The van der Waals surface area contributed by atoms with Gasteiger partial charge < -0.3 is 5.73 Å². The molecule has 0 aliphatic carbocycles. The van der Waals surface area contributed by atoms with E-state index in [1.165, 1.54) is 4.68 Å². The molecular formula is C12H15BrN4O2S. The number of nitrogen functional groups attached to an aromatic ring is 1. The van der Waals surface area contributed by atoms with E-state index in [1.807, 2.05) is 0 Å². The van der Waals surface area contributed by atoms with Gasteiger partial charge in [0.25, 0.3) is 10.0 Å². The SMILES string of the molecule is Cc1nn(C)c(C)c1S(=O)(=O)Nc1cc(N)ccc1Br. The second-order valence-electron chi connectivity index (χ2n) is 4.47. The predicted octanol–water partition coefficient (Wildman–Crippen LogP) is 2.18. The molecule has 0 spiro atoms. The second kappa shape index (κ2) is 5.10. The van der Waals surface area contributed by atoms with Crippen LogP contribution in [0.1, 0.15) is 11.4 Å². The van der Waals surface area contributed by atoms with Crippen molar-refractivity contribution in [2.45, 2.75) is 18.7 Å². The third kappa shape index (κ3) is 2.66. The Bertz CT molecular complexity index is 768. The zero-order chi connectivity index (χ0) is 15.1. The van der Waals surface area contributed by atoms with Crippen LogP contribution in [-0.2, 0) is 17.1 Å². The number of nitrogens with one attached hydrogen (secondary N) is 1. The summed E-state index contributed by atoms with van der Waals surface area (Å²) in [6.45, 7) is 3.37. The number of halogens is 1. The van der Waals surface area contributed by atoms with Gasteiger partial charge in [-0.15, -0.1) is 0 Å². The lowest BCUT2D eigenvalue weighted by Crippen LogP contribution is -2.15. The molecule has 108 valence electrons. The van der Waals surface area contributed by atoms with Gasteiger partial charge in [-0.1, -0.05) is 0 Å². The quantitative estimate of drug-likeness (QED) is 0.822. The summed E-state index contributed by atoms with van der Waals surface area (Å²) in [4.78, 5) is 0.189. The first-order valence-electron chi connectivity index (χ1n) is 5.80. The number of anilines is 2. The Morgan fingerprint density at radius 2 is 2.00 bits per heavy atom. The Morgan fingerprint density at radius 3 is 2.55 bits per heavy atom. The first-order valence-corrected chi connectivity index (χ1v) is 8.08. The fourth-order valence-corrected chi connectivity index (χ4v) is 3.95. The van der Waals surface area contributed by atoms with E-state index in [-0.39, 0.29) is 4.90 Å². The first-order chi connectivity index (χ1) is 9.22. The Kier molecular flexibility index (Phi) is 3.79. The molecule has 0 aliphatic heterocycles.